The van der Waals surface area contributed by atoms with Crippen LogP contribution in [-0.4, -0.2) is 34.2 Å². The minimum Gasteiger partial charge on any atom is -0.465 e. The Kier molecular flexibility index (Phi) is 3.58. The molecule has 1 aromatic carbocycles. The third-order valence-electron chi connectivity index (χ3n) is 4.74. The Hall–Kier alpha value is -2.27. The number of fused-ring (bicyclic) bond motifs is 1. The molecular weight excluding hydrogens is 308 g/mol. The van der Waals surface area contributed by atoms with Crippen molar-refractivity contribution < 1.29 is 9.90 Å². The highest BCUT2D eigenvalue weighted by molar-refractivity contribution is 7.13. The summed E-state index contributed by atoms with van der Waals surface area (Å²) >= 11 is 1.75. The van der Waals surface area contributed by atoms with Crippen LogP contribution in [0.5, 0.6) is 0 Å². The van der Waals surface area contributed by atoms with E-state index >= 15 is 0 Å². The van der Waals surface area contributed by atoms with Crippen LogP contribution in [0.3, 0.4) is 0 Å². The summed E-state index contributed by atoms with van der Waals surface area (Å²) in [5, 5.41) is 12.4. The second kappa shape index (κ2) is 5.74. The maximum atomic E-state index is 11.1. The summed E-state index contributed by atoms with van der Waals surface area (Å²) in [5.74, 6) is 0.420. The normalized spacial score (nSPS) is 16.1. The topological polar surface area (TPSA) is 56.3 Å². The second-order valence-electron chi connectivity index (χ2n) is 5.99. The molecule has 1 fully saturated rings. The number of aromatic amines is 1. The van der Waals surface area contributed by atoms with E-state index in [0.717, 1.165) is 12.8 Å². The van der Waals surface area contributed by atoms with Gasteiger partial charge in [-0.3, -0.25) is 0 Å². The molecule has 0 bridgehead atoms. The van der Waals surface area contributed by atoms with Crippen molar-refractivity contribution in [1.29, 1.82) is 0 Å². The van der Waals surface area contributed by atoms with E-state index in [1.807, 2.05) is 0 Å². The van der Waals surface area contributed by atoms with Gasteiger partial charge in [0.2, 0.25) is 0 Å². The number of nitrogens with one attached hydrogen (secondary N) is 1. The first-order chi connectivity index (χ1) is 11.2. The minimum absolute atomic E-state index is 0.420. The maximum Gasteiger partial charge on any atom is 0.407 e. The van der Waals surface area contributed by atoms with Crippen LogP contribution in [0.2, 0.25) is 0 Å². The first-order valence-corrected chi connectivity index (χ1v) is 8.74. The molecule has 0 aliphatic carbocycles. The number of nitrogens with zero attached hydrogens (tertiary/aromatic N) is 1. The number of carboxylic acid groups (broad SMARTS) is 1. The van der Waals surface area contributed by atoms with Gasteiger partial charge in [0.1, 0.15) is 0 Å². The van der Waals surface area contributed by atoms with Gasteiger partial charge in [0.25, 0.3) is 0 Å². The lowest BCUT2D eigenvalue weighted by Crippen LogP contribution is -2.36. The first kappa shape index (κ1) is 14.3. The quantitative estimate of drug-likeness (QED) is 0.714. The van der Waals surface area contributed by atoms with Crippen molar-refractivity contribution in [3.8, 4) is 10.4 Å². The van der Waals surface area contributed by atoms with Crippen molar-refractivity contribution in [2.45, 2.75) is 18.8 Å². The van der Waals surface area contributed by atoms with E-state index in [4.69, 9.17) is 5.11 Å². The first-order valence-electron chi connectivity index (χ1n) is 7.86. The molecule has 1 amide bonds. The number of H-pyrrole nitrogens is 1. The molecular formula is C18H18N2O2S. The van der Waals surface area contributed by atoms with Gasteiger partial charge < -0.3 is 15.0 Å². The second-order valence-corrected chi connectivity index (χ2v) is 6.94. The number of aromatic nitrogens is 1. The molecule has 23 heavy (non-hydrogen) atoms. The summed E-state index contributed by atoms with van der Waals surface area (Å²) < 4.78 is 0. The van der Waals surface area contributed by atoms with Gasteiger partial charge in [0.15, 0.2) is 0 Å². The number of carbonyl (C=O) groups is 1. The van der Waals surface area contributed by atoms with Crippen LogP contribution in [0.1, 0.15) is 24.3 Å². The van der Waals surface area contributed by atoms with Crippen LogP contribution in [0.25, 0.3) is 21.3 Å². The molecule has 3 aromatic rings. The number of para-hydroxylation sites is 1. The fourth-order valence-electron chi connectivity index (χ4n) is 3.54. The predicted octanol–water partition coefficient (Wildman–Crippen LogP) is 4.75. The minimum atomic E-state index is -0.804. The molecule has 4 rings (SSSR count). The van der Waals surface area contributed by atoms with Crippen LogP contribution in [-0.2, 0) is 0 Å². The standard InChI is InChI=1S/C18H18N2O2S/c21-18(22)20-8-6-12(7-9-20)13-3-1-4-14-15(11-19-17(13)14)16-5-2-10-23-16/h1-5,10-12,19H,6-9H2,(H,21,22). The van der Waals surface area contributed by atoms with E-state index in [1.54, 1.807) is 11.3 Å². The van der Waals surface area contributed by atoms with Crippen LogP contribution in [0, 0.1) is 0 Å². The average molecular weight is 326 g/mol. The molecule has 2 aromatic heterocycles. The summed E-state index contributed by atoms with van der Waals surface area (Å²) in [6, 6.07) is 10.7. The number of piperidine rings is 1. The van der Waals surface area contributed by atoms with Crippen LogP contribution < -0.4 is 0 Å². The van der Waals surface area contributed by atoms with Gasteiger partial charge in [-0.25, -0.2) is 4.79 Å². The monoisotopic (exact) mass is 326 g/mol. The Balaban J connectivity index is 1.68. The number of benzene rings is 1. The maximum absolute atomic E-state index is 11.1. The Labute approximate surface area is 138 Å². The van der Waals surface area contributed by atoms with Crippen LogP contribution in [0.4, 0.5) is 4.79 Å². The van der Waals surface area contributed by atoms with E-state index in [1.165, 1.54) is 31.8 Å². The summed E-state index contributed by atoms with van der Waals surface area (Å²) in [4.78, 5) is 17.3. The largest absolute Gasteiger partial charge is 0.465 e. The van der Waals surface area contributed by atoms with Crippen LogP contribution >= 0.6 is 11.3 Å². The molecule has 0 spiro atoms. The fourth-order valence-corrected chi connectivity index (χ4v) is 4.29. The molecule has 0 atom stereocenters. The van der Waals surface area contributed by atoms with Gasteiger partial charge >= 0.3 is 6.09 Å². The average Bonchev–Trinajstić information content (AvgIpc) is 3.23. The van der Waals surface area contributed by atoms with Crippen molar-refractivity contribution in [1.82, 2.24) is 9.88 Å². The summed E-state index contributed by atoms with van der Waals surface area (Å²) in [7, 11) is 0. The summed E-state index contributed by atoms with van der Waals surface area (Å²) in [6.45, 7) is 1.24. The third kappa shape index (κ3) is 2.51. The highest BCUT2D eigenvalue weighted by Gasteiger charge is 2.25. The van der Waals surface area contributed by atoms with E-state index < -0.39 is 6.09 Å². The number of likely N-dealkylation sites (tertiary alicyclic amines) is 1. The van der Waals surface area contributed by atoms with E-state index in [9.17, 15) is 4.79 Å². The lowest BCUT2D eigenvalue weighted by molar-refractivity contribution is 0.132. The summed E-state index contributed by atoms with van der Waals surface area (Å²) in [5.41, 5.74) is 3.76. The molecule has 4 nitrogen and oxygen atoms in total. The molecule has 1 aliphatic heterocycles. The highest BCUT2D eigenvalue weighted by atomic mass is 32.1. The van der Waals surface area contributed by atoms with Crippen LogP contribution in [0.15, 0.2) is 41.9 Å². The van der Waals surface area contributed by atoms with Crippen molar-refractivity contribution in [2.24, 2.45) is 0 Å². The van der Waals surface area contributed by atoms with Gasteiger partial charge in [-0.2, -0.15) is 0 Å². The van der Waals surface area contributed by atoms with E-state index in [-0.39, 0.29) is 0 Å². The molecule has 0 radical (unpaired) electrons. The zero-order valence-electron chi connectivity index (χ0n) is 12.7. The van der Waals surface area contributed by atoms with Gasteiger partial charge in [0.05, 0.1) is 0 Å². The van der Waals surface area contributed by atoms with Crippen molar-refractivity contribution in [2.75, 3.05) is 13.1 Å². The molecule has 0 unspecified atom stereocenters. The van der Waals surface area contributed by atoms with Gasteiger partial charge in [-0.05, 0) is 35.8 Å². The highest BCUT2D eigenvalue weighted by Crippen LogP contribution is 2.37. The molecule has 3 heterocycles. The number of hydrogen-bond acceptors (Lipinski definition) is 2. The zero-order valence-corrected chi connectivity index (χ0v) is 13.5. The lowest BCUT2D eigenvalue weighted by Gasteiger charge is -2.30. The zero-order chi connectivity index (χ0) is 15.8. The van der Waals surface area contributed by atoms with Crippen molar-refractivity contribution >= 4 is 28.3 Å². The van der Waals surface area contributed by atoms with Crippen molar-refractivity contribution in [3.63, 3.8) is 0 Å². The summed E-state index contributed by atoms with van der Waals surface area (Å²) in [6.07, 6.45) is 3.06. The Morgan fingerprint density at radius 2 is 2.04 bits per heavy atom. The number of amides is 1. The molecule has 0 saturated carbocycles. The smallest absolute Gasteiger partial charge is 0.407 e. The van der Waals surface area contributed by atoms with Gasteiger partial charge in [-0.15, -0.1) is 11.3 Å². The number of rotatable bonds is 2. The predicted molar refractivity (Wildman–Crippen MR) is 93.2 cm³/mol. The van der Waals surface area contributed by atoms with Crippen molar-refractivity contribution in [3.05, 3.63) is 47.5 Å². The lowest BCUT2D eigenvalue weighted by atomic mass is 9.88. The van der Waals surface area contributed by atoms with Gasteiger partial charge in [-0.1, -0.05) is 24.3 Å². The SMILES string of the molecule is O=C(O)N1CCC(c2cccc3c(-c4cccs4)c[nH]c23)CC1. The molecule has 2 N–H and O–H groups in total. The molecule has 1 saturated heterocycles. The third-order valence-corrected chi connectivity index (χ3v) is 5.64. The molecule has 5 heteroatoms. The van der Waals surface area contributed by atoms with E-state index in [0.29, 0.717) is 19.0 Å². The fraction of sp³-hybridized carbons (Fsp3) is 0.278. The Bertz CT molecular complexity index is 830. The Morgan fingerprint density at radius 1 is 1.22 bits per heavy atom. The number of thiophene rings is 1. The Morgan fingerprint density at radius 3 is 2.74 bits per heavy atom. The van der Waals surface area contributed by atoms with E-state index in [2.05, 4.69) is 46.9 Å². The molecule has 118 valence electrons. The van der Waals surface area contributed by atoms with Gasteiger partial charge in [0, 0.05) is 40.6 Å². The molecule has 1 aliphatic rings. The number of hydrogen-bond donors (Lipinski definition) is 2.